The fourth-order valence-corrected chi connectivity index (χ4v) is 3.25. The zero-order valence-electron chi connectivity index (χ0n) is 14.1. The third-order valence-electron chi connectivity index (χ3n) is 4.30. The number of hydrogen-bond donors (Lipinski definition) is 1. The van der Waals surface area contributed by atoms with Gasteiger partial charge in [0.05, 0.1) is 10.7 Å². The summed E-state index contributed by atoms with van der Waals surface area (Å²) in [5.41, 5.74) is 2.22. The predicted molar refractivity (Wildman–Crippen MR) is 105 cm³/mol. The average molecular weight is 392 g/mol. The third kappa shape index (κ3) is 4.29. The molecule has 26 heavy (non-hydrogen) atoms. The lowest BCUT2D eigenvalue weighted by molar-refractivity contribution is -0.113. The van der Waals surface area contributed by atoms with Crippen LogP contribution in [0.4, 0.5) is 11.4 Å². The van der Waals surface area contributed by atoms with Crippen LogP contribution in [0.2, 0.25) is 5.02 Å². The number of halogens is 2. The largest absolute Gasteiger partial charge is 0.367 e. The van der Waals surface area contributed by atoms with Crippen molar-refractivity contribution >= 4 is 46.4 Å². The summed E-state index contributed by atoms with van der Waals surface area (Å²) in [6, 6.07) is 14.6. The molecule has 1 saturated heterocycles. The van der Waals surface area contributed by atoms with E-state index >= 15 is 0 Å². The highest BCUT2D eigenvalue weighted by Gasteiger charge is 2.23. The Morgan fingerprint density at radius 2 is 1.62 bits per heavy atom. The Balaban J connectivity index is 1.60. The van der Waals surface area contributed by atoms with Gasteiger partial charge in [-0.2, -0.15) is 0 Å². The number of rotatable bonds is 4. The standard InChI is InChI=1S/C19H19Cl2N3O2/c20-13-18(25)22-15-7-5-14(6-8-15)19(26)24-11-9-23(10-12-24)17-4-2-1-3-16(17)21/h1-8H,9-13H2,(H,22,25). The smallest absolute Gasteiger partial charge is 0.253 e. The van der Waals surface area contributed by atoms with E-state index in [-0.39, 0.29) is 17.7 Å². The van der Waals surface area contributed by atoms with Crippen molar-refractivity contribution in [3.8, 4) is 0 Å². The second-order valence-corrected chi connectivity index (χ2v) is 6.66. The summed E-state index contributed by atoms with van der Waals surface area (Å²) >= 11 is 11.7. The zero-order valence-corrected chi connectivity index (χ0v) is 15.6. The van der Waals surface area contributed by atoms with E-state index in [1.54, 1.807) is 24.3 Å². The van der Waals surface area contributed by atoms with Crippen LogP contribution in [0, 0.1) is 0 Å². The summed E-state index contributed by atoms with van der Waals surface area (Å²) in [5.74, 6) is -0.392. The van der Waals surface area contributed by atoms with E-state index in [0.717, 1.165) is 23.8 Å². The molecular formula is C19H19Cl2N3O2. The minimum Gasteiger partial charge on any atom is -0.367 e. The van der Waals surface area contributed by atoms with Gasteiger partial charge in [0, 0.05) is 37.4 Å². The Hall–Kier alpha value is -2.24. The van der Waals surface area contributed by atoms with Crippen molar-refractivity contribution in [3.63, 3.8) is 0 Å². The zero-order chi connectivity index (χ0) is 18.5. The molecule has 0 bridgehead atoms. The normalized spacial score (nSPS) is 14.2. The maximum atomic E-state index is 12.7. The molecule has 136 valence electrons. The van der Waals surface area contributed by atoms with Gasteiger partial charge in [-0.05, 0) is 36.4 Å². The second kappa shape index (κ2) is 8.43. The van der Waals surface area contributed by atoms with Crippen LogP contribution in [0.5, 0.6) is 0 Å². The number of carbonyl (C=O) groups is 2. The minimum atomic E-state index is -0.276. The monoisotopic (exact) mass is 391 g/mol. The van der Waals surface area contributed by atoms with Gasteiger partial charge in [-0.25, -0.2) is 0 Å². The van der Waals surface area contributed by atoms with Gasteiger partial charge in [-0.1, -0.05) is 23.7 Å². The molecule has 2 aromatic rings. The number of anilines is 2. The highest BCUT2D eigenvalue weighted by Crippen LogP contribution is 2.26. The van der Waals surface area contributed by atoms with Crippen molar-refractivity contribution in [2.45, 2.75) is 0 Å². The van der Waals surface area contributed by atoms with Crippen LogP contribution in [0.25, 0.3) is 0 Å². The Morgan fingerprint density at radius 1 is 0.962 bits per heavy atom. The third-order valence-corrected chi connectivity index (χ3v) is 4.86. The number of alkyl halides is 1. The molecule has 3 rings (SSSR count). The molecule has 0 spiro atoms. The molecule has 2 aromatic carbocycles. The van der Waals surface area contributed by atoms with Crippen molar-refractivity contribution in [2.24, 2.45) is 0 Å². The quantitative estimate of drug-likeness (QED) is 0.811. The summed E-state index contributed by atoms with van der Waals surface area (Å²) in [5, 5.41) is 3.38. The van der Waals surface area contributed by atoms with Gasteiger partial charge in [-0.15, -0.1) is 11.6 Å². The van der Waals surface area contributed by atoms with E-state index in [2.05, 4.69) is 10.2 Å². The Kier molecular flexibility index (Phi) is 6.01. The summed E-state index contributed by atoms with van der Waals surface area (Å²) in [7, 11) is 0. The summed E-state index contributed by atoms with van der Waals surface area (Å²) in [6.45, 7) is 2.74. The van der Waals surface area contributed by atoms with Crippen LogP contribution in [0.3, 0.4) is 0 Å². The van der Waals surface area contributed by atoms with Gasteiger partial charge in [0.25, 0.3) is 5.91 Å². The summed E-state index contributed by atoms with van der Waals surface area (Å²) < 4.78 is 0. The maximum Gasteiger partial charge on any atom is 0.253 e. The highest BCUT2D eigenvalue weighted by atomic mass is 35.5. The molecule has 0 saturated carbocycles. The van der Waals surface area contributed by atoms with E-state index in [1.807, 2.05) is 29.2 Å². The van der Waals surface area contributed by atoms with Gasteiger partial charge in [0.2, 0.25) is 5.91 Å². The average Bonchev–Trinajstić information content (AvgIpc) is 2.68. The molecule has 0 atom stereocenters. The van der Waals surface area contributed by atoms with Crippen LogP contribution in [0.1, 0.15) is 10.4 Å². The molecule has 1 fully saturated rings. The molecule has 0 unspecified atom stereocenters. The van der Waals surface area contributed by atoms with Gasteiger partial charge in [0.1, 0.15) is 5.88 Å². The van der Waals surface area contributed by atoms with Gasteiger partial charge in [0.15, 0.2) is 0 Å². The minimum absolute atomic E-state index is 0.0148. The number of benzene rings is 2. The summed E-state index contributed by atoms with van der Waals surface area (Å²) in [6.07, 6.45) is 0. The van der Waals surface area contributed by atoms with Crippen LogP contribution in [0.15, 0.2) is 48.5 Å². The molecule has 7 heteroatoms. The number of amides is 2. The van der Waals surface area contributed by atoms with Crippen molar-refractivity contribution in [3.05, 3.63) is 59.1 Å². The molecule has 1 N–H and O–H groups in total. The topological polar surface area (TPSA) is 52.7 Å². The van der Waals surface area contributed by atoms with Crippen molar-refractivity contribution in [2.75, 3.05) is 42.3 Å². The lowest BCUT2D eigenvalue weighted by atomic mass is 10.1. The van der Waals surface area contributed by atoms with Gasteiger partial charge >= 0.3 is 0 Å². The first-order valence-electron chi connectivity index (χ1n) is 8.33. The molecule has 0 radical (unpaired) electrons. The molecule has 0 aliphatic carbocycles. The van der Waals surface area contributed by atoms with Gasteiger partial charge in [-0.3, -0.25) is 9.59 Å². The van der Waals surface area contributed by atoms with Crippen LogP contribution >= 0.6 is 23.2 Å². The fraction of sp³-hybridized carbons (Fsp3) is 0.263. The number of hydrogen-bond acceptors (Lipinski definition) is 3. The highest BCUT2D eigenvalue weighted by molar-refractivity contribution is 6.33. The fourth-order valence-electron chi connectivity index (χ4n) is 2.93. The number of carbonyl (C=O) groups excluding carboxylic acids is 2. The number of nitrogens with one attached hydrogen (secondary N) is 1. The predicted octanol–water partition coefficient (Wildman–Crippen LogP) is 3.48. The molecule has 1 heterocycles. The van der Waals surface area contributed by atoms with Gasteiger partial charge < -0.3 is 15.1 Å². The van der Waals surface area contributed by atoms with E-state index in [4.69, 9.17) is 23.2 Å². The Labute approximate surface area is 162 Å². The first kappa shape index (κ1) is 18.5. The first-order chi connectivity index (χ1) is 12.6. The lowest BCUT2D eigenvalue weighted by Crippen LogP contribution is -2.48. The van der Waals surface area contributed by atoms with Crippen molar-refractivity contribution in [1.82, 2.24) is 4.90 Å². The Morgan fingerprint density at radius 3 is 2.23 bits per heavy atom. The van der Waals surface area contributed by atoms with Crippen molar-refractivity contribution < 1.29 is 9.59 Å². The SMILES string of the molecule is O=C(CCl)Nc1ccc(C(=O)N2CCN(c3ccccc3Cl)CC2)cc1. The van der Waals surface area contributed by atoms with Crippen molar-refractivity contribution in [1.29, 1.82) is 0 Å². The Bertz CT molecular complexity index is 788. The molecular weight excluding hydrogens is 373 g/mol. The van der Waals surface area contributed by atoms with E-state index in [9.17, 15) is 9.59 Å². The maximum absolute atomic E-state index is 12.7. The molecule has 5 nitrogen and oxygen atoms in total. The molecule has 0 aromatic heterocycles. The van der Waals surface area contributed by atoms with E-state index in [1.165, 1.54) is 0 Å². The first-order valence-corrected chi connectivity index (χ1v) is 9.24. The molecule has 2 amide bonds. The van der Waals surface area contributed by atoms with Crippen LogP contribution < -0.4 is 10.2 Å². The van der Waals surface area contributed by atoms with E-state index in [0.29, 0.717) is 24.3 Å². The summed E-state index contributed by atoms with van der Waals surface area (Å²) in [4.78, 5) is 28.0. The van der Waals surface area contributed by atoms with Crippen LogP contribution in [-0.4, -0.2) is 48.8 Å². The molecule has 1 aliphatic heterocycles. The van der Waals surface area contributed by atoms with Crippen LogP contribution in [-0.2, 0) is 4.79 Å². The second-order valence-electron chi connectivity index (χ2n) is 5.99. The van der Waals surface area contributed by atoms with E-state index < -0.39 is 0 Å². The number of nitrogens with zero attached hydrogens (tertiary/aromatic N) is 2. The number of piperazine rings is 1. The molecule has 1 aliphatic rings. The number of para-hydroxylation sites is 1. The lowest BCUT2D eigenvalue weighted by Gasteiger charge is -2.36.